The Morgan fingerprint density at radius 2 is 1.95 bits per heavy atom. The first-order chi connectivity index (χ1) is 8.95. The average Bonchev–Trinajstić information content (AvgIpc) is 2.44. The number of carbonyl (C=O) groups excluding carboxylic acids is 2. The fourth-order valence-electron chi connectivity index (χ4n) is 1.12. The van der Waals surface area contributed by atoms with Gasteiger partial charge in [-0.1, -0.05) is 4.47 Å². The molecule has 0 unspecified atom stereocenters. The maximum absolute atomic E-state index is 12.0. The number of amides is 1. The van der Waals surface area contributed by atoms with E-state index in [9.17, 15) is 18.0 Å². The lowest BCUT2D eigenvalue weighted by atomic mass is 10.3. The fraction of sp³-hybridized carbons (Fsp3) is 0.200. The van der Waals surface area contributed by atoms with E-state index in [1.165, 1.54) is 31.4 Å². The van der Waals surface area contributed by atoms with Crippen LogP contribution in [0.3, 0.4) is 0 Å². The Labute approximate surface area is 109 Å². The summed E-state index contributed by atoms with van der Waals surface area (Å²) >= 11 is 0. The zero-order valence-corrected chi connectivity index (χ0v) is 10.8. The number of nitrogens with two attached hydrogens (primary N) is 1. The van der Waals surface area contributed by atoms with E-state index < -0.39 is 22.5 Å². The van der Waals surface area contributed by atoms with Crippen LogP contribution < -0.4 is 10.5 Å². The highest BCUT2D eigenvalue weighted by Gasteiger charge is 2.26. The summed E-state index contributed by atoms with van der Waals surface area (Å²) in [5.74, 6) is -0.611. The lowest BCUT2D eigenvalue weighted by Gasteiger charge is -2.15. The predicted molar refractivity (Wildman–Crippen MR) is 63.2 cm³/mol. The Morgan fingerprint density at radius 1 is 1.37 bits per heavy atom. The molecule has 104 valence electrons. The first-order valence-electron chi connectivity index (χ1n) is 5.00. The molecule has 0 aromatic heterocycles. The van der Waals surface area contributed by atoms with Crippen LogP contribution in [0.15, 0.2) is 29.2 Å². The molecule has 0 aliphatic heterocycles. The first kappa shape index (κ1) is 14.9. The highest BCUT2D eigenvalue weighted by molar-refractivity contribution is 7.89. The number of ether oxygens (including phenoxy) is 1. The van der Waals surface area contributed by atoms with Crippen LogP contribution in [0.25, 0.3) is 0 Å². The minimum atomic E-state index is -4.27. The Kier molecular flexibility index (Phi) is 4.84. The van der Waals surface area contributed by atoms with E-state index in [-0.39, 0.29) is 15.8 Å². The topological polar surface area (TPSA) is 116 Å². The number of methoxy groups -OCH3 is 1. The van der Waals surface area contributed by atoms with Crippen molar-refractivity contribution >= 4 is 22.4 Å². The molecule has 0 saturated carbocycles. The van der Waals surface area contributed by atoms with Crippen molar-refractivity contribution in [2.45, 2.75) is 4.90 Å². The Balaban J connectivity index is 3.05. The molecule has 0 spiro atoms. The highest BCUT2D eigenvalue weighted by Crippen LogP contribution is 2.18. The van der Waals surface area contributed by atoms with Crippen molar-refractivity contribution in [3.05, 3.63) is 24.3 Å². The van der Waals surface area contributed by atoms with Crippen molar-refractivity contribution in [1.29, 1.82) is 0 Å². The van der Waals surface area contributed by atoms with Crippen LogP contribution in [-0.4, -0.2) is 38.9 Å². The molecule has 0 heterocycles. The zero-order chi connectivity index (χ0) is 14.5. The maximum atomic E-state index is 12.0. The van der Waals surface area contributed by atoms with Crippen LogP contribution in [0.4, 0.5) is 0 Å². The van der Waals surface area contributed by atoms with E-state index in [1.54, 1.807) is 0 Å². The van der Waals surface area contributed by atoms with Gasteiger partial charge in [-0.25, -0.2) is 4.79 Å². The van der Waals surface area contributed by atoms with Gasteiger partial charge in [0.25, 0.3) is 16.4 Å². The minimum Gasteiger partial charge on any atom is -0.497 e. The van der Waals surface area contributed by atoms with Gasteiger partial charge in [-0.05, 0) is 24.3 Å². The van der Waals surface area contributed by atoms with Crippen LogP contribution in [-0.2, 0) is 24.4 Å². The Hall–Kier alpha value is -2.13. The van der Waals surface area contributed by atoms with Gasteiger partial charge in [0, 0.05) is 0 Å². The van der Waals surface area contributed by atoms with Crippen LogP contribution in [0.2, 0.25) is 0 Å². The maximum Gasteiger partial charge on any atom is 0.347 e. The molecule has 0 bridgehead atoms. The quantitative estimate of drug-likeness (QED) is 0.541. The monoisotopic (exact) mass is 288 g/mol. The SMILES string of the molecule is COc1ccc(S(=O)(=O)N(C=O)OC(=O)CN)cc1. The molecule has 0 radical (unpaired) electrons. The molecule has 0 aliphatic carbocycles. The van der Waals surface area contributed by atoms with E-state index in [1.807, 2.05) is 0 Å². The van der Waals surface area contributed by atoms with Crippen molar-refractivity contribution in [3.63, 3.8) is 0 Å². The van der Waals surface area contributed by atoms with Crippen molar-refractivity contribution in [2.24, 2.45) is 5.73 Å². The number of nitrogens with zero attached hydrogens (tertiary/aromatic N) is 1. The molecule has 1 aromatic carbocycles. The second-order valence-corrected chi connectivity index (χ2v) is 4.99. The predicted octanol–water partition coefficient (Wildman–Crippen LogP) is -0.741. The molecule has 19 heavy (non-hydrogen) atoms. The van der Waals surface area contributed by atoms with Crippen LogP contribution in [0.1, 0.15) is 0 Å². The molecular weight excluding hydrogens is 276 g/mol. The van der Waals surface area contributed by atoms with Crippen molar-refractivity contribution in [3.8, 4) is 5.75 Å². The molecule has 0 atom stereocenters. The van der Waals surface area contributed by atoms with Crippen molar-refractivity contribution < 1.29 is 27.6 Å². The number of benzene rings is 1. The van der Waals surface area contributed by atoms with Gasteiger partial charge in [0.2, 0.25) is 0 Å². The number of sulfonamides is 1. The van der Waals surface area contributed by atoms with Crippen LogP contribution >= 0.6 is 0 Å². The summed E-state index contributed by atoms with van der Waals surface area (Å²) in [5, 5.41) is 0. The van der Waals surface area contributed by atoms with Gasteiger partial charge >= 0.3 is 5.97 Å². The average molecular weight is 288 g/mol. The van der Waals surface area contributed by atoms with Crippen LogP contribution in [0, 0.1) is 0 Å². The van der Waals surface area contributed by atoms with Crippen molar-refractivity contribution in [2.75, 3.05) is 13.7 Å². The van der Waals surface area contributed by atoms with E-state index in [0.717, 1.165) is 0 Å². The van der Waals surface area contributed by atoms with Gasteiger partial charge in [0.05, 0.1) is 18.6 Å². The van der Waals surface area contributed by atoms with Gasteiger partial charge < -0.3 is 15.3 Å². The third-order valence-corrected chi connectivity index (χ3v) is 3.54. The molecule has 1 rings (SSSR count). The number of hydrogen-bond donors (Lipinski definition) is 1. The van der Waals surface area contributed by atoms with Crippen LogP contribution in [0.5, 0.6) is 5.75 Å². The summed E-state index contributed by atoms with van der Waals surface area (Å²) in [7, 11) is -2.85. The highest BCUT2D eigenvalue weighted by atomic mass is 32.2. The Morgan fingerprint density at radius 3 is 2.37 bits per heavy atom. The number of hydroxylamine groups is 1. The van der Waals surface area contributed by atoms with E-state index >= 15 is 0 Å². The number of hydrogen-bond acceptors (Lipinski definition) is 7. The smallest absolute Gasteiger partial charge is 0.347 e. The largest absolute Gasteiger partial charge is 0.497 e. The van der Waals surface area contributed by atoms with Gasteiger partial charge in [0.1, 0.15) is 5.75 Å². The summed E-state index contributed by atoms with van der Waals surface area (Å²) < 4.78 is 28.7. The minimum absolute atomic E-state index is 0.0794. The molecule has 0 aliphatic rings. The molecule has 0 fully saturated rings. The number of rotatable bonds is 6. The fourth-order valence-corrected chi connectivity index (χ4v) is 2.10. The molecule has 1 aromatic rings. The van der Waals surface area contributed by atoms with E-state index in [2.05, 4.69) is 4.84 Å². The third-order valence-electron chi connectivity index (χ3n) is 2.04. The summed E-state index contributed by atoms with van der Waals surface area (Å²) in [6.07, 6.45) is -0.132. The Bertz CT molecular complexity index is 554. The van der Waals surface area contributed by atoms with Gasteiger partial charge in [0.15, 0.2) is 0 Å². The first-order valence-corrected chi connectivity index (χ1v) is 6.44. The van der Waals surface area contributed by atoms with E-state index in [4.69, 9.17) is 10.5 Å². The van der Waals surface area contributed by atoms with E-state index in [0.29, 0.717) is 5.75 Å². The normalized spacial score (nSPS) is 10.6. The lowest BCUT2D eigenvalue weighted by molar-refractivity contribution is -0.171. The summed E-state index contributed by atoms with van der Waals surface area (Å²) in [5.41, 5.74) is 4.97. The molecule has 2 N–H and O–H groups in total. The van der Waals surface area contributed by atoms with Gasteiger partial charge in [-0.3, -0.25) is 4.79 Å². The van der Waals surface area contributed by atoms with Gasteiger partial charge in [-0.2, -0.15) is 8.42 Å². The molecule has 1 amide bonds. The standard InChI is InChI=1S/C10H12N2O6S/c1-17-8-2-4-9(5-3-8)19(15,16)12(7-13)18-10(14)6-11/h2-5,7H,6,11H2,1H3. The second kappa shape index (κ2) is 6.16. The van der Waals surface area contributed by atoms with Gasteiger partial charge in [-0.15, -0.1) is 0 Å². The summed E-state index contributed by atoms with van der Waals surface area (Å²) in [6.45, 7) is -0.553. The number of carbonyl (C=O) groups is 2. The molecule has 9 heteroatoms. The summed E-state index contributed by atoms with van der Waals surface area (Å²) in [4.78, 5) is 25.7. The second-order valence-electron chi connectivity index (χ2n) is 3.21. The summed E-state index contributed by atoms with van der Waals surface area (Å²) in [6, 6.07) is 5.20. The molecular formula is C10H12N2O6S. The van der Waals surface area contributed by atoms with Crippen molar-refractivity contribution in [1.82, 2.24) is 4.47 Å². The molecule has 8 nitrogen and oxygen atoms in total. The lowest BCUT2D eigenvalue weighted by Crippen LogP contribution is -2.34. The zero-order valence-electron chi connectivity index (χ0n) is 9.98. The third kappa shape index (κ3) is 3.42. The molecule has 0 saturated heterocycles.